The minimum absolute atomic E-state index is 0.0119. The predicted molar refractivity (Wildman–Crippen MR) is 137 cm³/mol. The summed E-state index contributed by atoms with van der Waals surface area (Å²) in [6, 6.07) is 3.94. The minimum atomic E-state index is -0.922. The van der Waals surface area contributed by atoms with Crippen molar-refractivity contribution < 1.29 is 14.0 Å². The summed E-state index contributed by atoms with van der Waals surface area (Å²) in [7, 11) is 0. The Hall–Kier alpha value is -2.28. The van der Waals surface area contributed by atoms with Gasteiger partial charge in [0.05, 0.1) is 18.3 Å². The van der Waals surface area contributed by atoms with Gasteiger partial charge >= 0.3 is 0 Å². The van der Waals surface area contributed by atoms with Gasteiger partial charge in [-0.2, -0.15) is 0 Å². The number of nitrogens with one attached hydrogen (secondary N) is 1. The summed E-state index contributed by atoms with van der Waals surface area (Å²) in [5.74, 6) is -0.0731. The molecular formula is C28H42N4O3. The Bertz CT molecular complexity index is 1010. The number of carbonyl (C=O) groups is 2. The normalized spacial score (nSPS) is 25.2. The molecule has 4 heterocycles. The van der Waals surface area contributed by atoms with Crippen molar-refractivity contribution in [3.63, 3.8) is 0 Å². The molecule has 7 nitrogen and oxygen atoms in total. The third-order valence-electron chi connectivity index (χ3n) is 8.53. The Labute approximate surface area is 209 Å². The predicted octanol–water partition coefficient (Wildman–Crippen LogP) is 4.94. The lowest BCUT2D eigenvalue weighted by molar-refractivity contribution is -0.133. The van der Waals surface area contributed by atoms with Crippen LogP contribution in [0, 0.1) is 0 Å². The molecule has 2 fully saturated rings. The van der Waals surface area contributed by atoms with Crippen LogP contribution in [0.15, 0.2) is 22.8 Å². The van der Waals surface area contributed by atoms with E-state index in [1.807, 2.05) is 28.5 Å². The maximum absolute atomic E-state index is 13.9. The van der Waals surface area contributed by atoms with Crippen molar-refractivity contribution in [2.75, 3.05) is 26.2 Å². The Morgan fingerprint density at radius 2 is 1.71 bits per heavy atom. The van der Waals surface area contributed by atoms with Crippen molar-refractivity contribution in [2.45, 2.75) is 102 Å². The molecule has 0 aromatic carbocycles. The second-order valence-corrected chi connectivity index (χ2v) is 11.1. The Morgan fingerprint density at radius 3 is 2.46 bits per heavy atom. The van der Waals surface area contributed by atoms with Gasteiger partial charge in [-0.3, -0.25) is 9.59 Å². The van der Waals surface area contributed by atoms with E-state index in [2.05, 4.69) is 10.2 Å². The Kier molecular flexibility index (Phi) is 7.51. The van der Waals surface area contributed by atoms with Gasteiger partial charge in [-0.15, -0.1) is 0 Å². The van der Waals surface area contributed by atoms with Crippen LogP contribution in [-0.2, 0) is 11.3 Å². The molecule has 0 radical (unpaired) electrons. The zero-order valence-corrected chi connectivity index (χ0v) is 21.4. The highest BCUT2D eigenvalue weighted by Gasteiger charge is 2.48. The number of carbonyl (C=O) groups excluding carboxylic acids is 2. The van der Waals surface area contributed by atoms with Crippen molar-refractivity contribution in [1.29, 1.82) is 0 Å². The van der Waals surface area contributed by atoms with Gasteiger partial charge < -0.3 is 24.1 Å². The fourth-order valence-electron chi connectivity index (χ4n) is 6.38. The molecule has 2 amide bonds. The molecule has 192 valence electrons. The number of likely N-dealkylation sites (tertiary alicyclic amines) is 1. The average molecular weight is 483 g/mol. The zero-order valence-electron chi connectivity index (χ0n) is 21.4. The van der Waals surface area contributed by atoms with E-state index in [4.69, 9.17) is 4.42 Å². The van der Waals surface area contributed by atoms with E-state index in [9.17, 15) is 9.59 Å². The van der Waals surface area contributed by atoms with Gasteiger partial charge in [-0.25, -0.2) is 0 Å². The zero-order chi connectivity index (χ0) is 24.3. The molecule has 1 atom stereocenters. The molecule has 2 aromatic heterocycles. The number of furan rings is 1. The minimum Gasteiger partial charge on any atom is -0.463 e. The third-order valence-corrected chi connectivity index (χ3v) is 8.53. The molecule has 2 aliphatic heterocycles. The number of aromatic nitrogens is 1. The molecule has 1 N–H and O–H groups in total. The van der Waals surface area contributed by atoms with Crippen molar-refractivity contribution in [1.82, 2.24) is 19.7 Å². The molecule has 1 aliphatic carbocycles. The van der Waals surface area contributed by atoms with Crippen LogP contribution in [-0.4, -0.2) is 63.9 Å². The first-order valence-electron chi connectivity index (χ1n) is 14.0. The maximum Gasteiger partial charge on any atom is 0.271 e. The van der Waals surface area contributed by atoms with E-state index < -0.39 is 5.54 Å². The molecule has 1 saturated heterocycles. The van der Waals surface area contributed by atoms with Gasteiger partial charge in [0.2, 0.25) is 5.91 Å². The smallest absolute Gasteiger partial charge is 0.271 e. The van der Waals surface area contributed by atoms with Gasteiger partial charge in [-0.05, 0) is 58.7 Å². The number of nitrogens with zero attached hydrogens (tertiary/aromatic N) is 3. The van der Waals surface area contributed by atoms with E-state index in [1.165, 1.54) is 44.9 Å². The molecular weight excluding hydrogens is 440 g/mol. The van der Waals surface area contributed by atoms with E-state index in [0.717, 1.165) is 57.3 Å². The highest BCUT2D eigenvalue weighted by atomic mass is 16.3. The fourth-order valence-corrected chi connectivity index (χ4v) is 6.38. The van der Waals surface area contributed by atoms with Crippen LogP contribution in [0.5, 0.6) is 0 Å². The SMILES string of the molecule is C[C@@]1(C(=O)NC2CCCCCCC2)Cn2c(cc3occc32)C(=O)N1CCCN1CCCCCC1. The van der Waals surface area contributed by atoms with Crippen LogP contribution in [0.3, 0.4) is 0 Å². The van der Waals surface area contributed by atoms with Crippen LogP contribution in [0.25, 0.3) is 11.1 Å². The first-order valence-corrected chi connectivity index (χ1v) is 14.0. The lowest BCUT2D eigenvalue weighted by atomic mass is 9.92. The number of hydrogen-bond acceptors (Lipinski definition) is 4. The van der Waals surface area contributed by atoms with Crippen molar-refractivity contribution in [3.8, 4) is 0 Å². The monoisotopic (exact) mass is 482 g/mol. The van der Waals surface area contributed by atoms with Gasteiger partial charge in [0.1, 0.15) is 11.2 Å². The van der Waals surface area contributed by atoms with Gasteiger partial charge in [0, 0.05) is 24.7 Å². The Morgan fingerprint density at radius 1 is 1.03 bits per heavy atom. The number of amides is 2. The van der Waals surface area contributed by atoms with Crippen molar-refractivity contribution >= 4 is 22.9 Å². The second kappa shape index (κ2) is 10.8. The number of hydrogen-bond donors (Lipinski definition) is 1. The summed E-state index contributed by atoms with van der Waals surface area (Å²) >= 11 is 0. The molecule has 0 bridgehead atoms. The molecule has 35 heavy (non-hydrogen) atoms. The largest absolute Gasteiger partial charge is 0.463 e. The van der Waals surface area contributed by atoms with E-state index in [1.54, 1.807) is 6.26 Å². The number of fused-ring (bicyclic) bond motifs is 3. The van der Waals surface area contributed by atoms with Crippen LogP contribution in [0.2, 0.25) is 0 Å². The molecule has 7 heteroatoms. The summed E-state index contributed by atoms with van der Waals surface area (Å²) in [6.45, 7) is 6.28. The fraction of sp³-hybridized carbons (Fsp3) is 0.714. The summed E-state index contributed by atoms with van der Waals surface area (Å²) in [5, 5.41) is 3.38. The second-order valence-electron chi connectivity index (χ2n) is 11.1. The van der Waals surface area contributed by atoms with E-state index >= 15 is 0 Å². The number of rotatable bonds is 6. The van der Waals surface area contributed by atoms with Crippen molar-refractivity contribution in [3.05, 3.63) is 24.1 Å². The highest BCUT2D eigenvalue weighted by molar-refractivity contribution is 6.02. The summed E-state index contributed by atoms with van der Waals surface area (Å²) in [4.78, 5) is 32.1. The van der Waals surface area contributed by atoms with E-state index in [0.29, 0.717) is 24.4 Å². The highest BCUT2D eigenvalue weighted by Crippen LogP contribution is 2.33. The maximum atomic E-state index is 13.9. The molecule has 5 rings (SSSR count). The van der Waals surface area contributed by atoms with Crippen LogP contribution in [0.4, 0.5) is 0 Å². The topological polar surface area (TPSA) is 70.7 Å². The molecule has 2 aromatic rings. The summed E-state index contributed by atoms with van der Waals surface area (Å²) in [6.07, 6.45) is 15.9. The molecule has 0 spiro atoms. The standard InChI is InChI=1S/C28H42N4O3/c1-28(27(34)29-22-12-7-3-2-4-8-13-22)21-31-23-14-19-35-25(23)20-24(31)26(33)32(28)18-11-17-30-15-9-5-6-10-16-30/h14,19-20,22H,2-13,15-18,21H2,1H3,(H,29,34)/t28-/m0/s1. The quantitative estimate of drug-likeness (QED) is 0.633. The average Bonchev–Trinajstić information content (AvgIpc) is 3.31. The van der Waals surface area contributed by atoms with Crippen LogP contribution in [0.1, 0.15) is 94.5 Å². The van der Waals surface area contributed by atoms with Crippen molar-refractivity contribution in [2.24, 2.45) is 0 Å². The lowest BCUT2D eigenvalue weighted by Crippen LogP contribution is -2.65. The Balaban J connectivity index is 1.35. The first kappa shape index (κ1) is 24.4. The van der Waals surface area contributed by atoms with Gasteiger partial charge in [0.15, 0.2) is 5.58 Å². The third kappa shape index (κ3) is 5.16. The molecule has 0 unspecified atom stereocenters. The van der Waals surface area contributed by atoms with Gasteiger partial charge in [0.25, 0.3) is 5.91 Å². The summed E-state index contributed by atoms with van der Waals surface area (Å²) in [5.41, 5.74) is 1.31. The van der Waals surface area contributed by atoms with Crippen LogP contribution >= 0.6 is 0 Å². The van der Waals surface area contributed by atoms with Crippen LogP contribution < -0.4 is 5.32 Å². The first-order chi connectivity index (χ1) is 17.1. The molecule has 3 aliphatic rings. The van der Waals surface area contributed by atoms with E-state index in [-0.39, 0.29) is 17.9 Å². The summed E-state index contributed by atoms with van der Waals surface area (Å²) < 4.78 is 7.59. The van der Waals surface area contributed by atoms with Gasteiger partial charge in [-0.1, -0.05) is 44.9 Å². The lowest BCUT2D eigenvalue weighted by Gasteiger charge is -2.45. The molecule has 1 saturated carbocycles.